The number of aryl methyl sites for hydroxylation is 1. The highest BCUT2D eigenvalue weighted by Gasteiger charge is 2.70. The molecular formula is C24H24N2O5S. The topological polar surface area (TPSA) is 92.8 Å². The molecule has 2 aromatic carbocycles. The standard InChI is InChI=1S/C24H24N2O5S/c1-4-15-5-7-16(8-6-15)25-32(29,30)18-11-9-17(10-12-18)26-21(27)19-20(22(26)28)24(3)14-13-23(19,2)31-24/h5-14,19-20,25H,4H2,1-3H3/t19?,20?,23-,24+. The van der Waals surface area contributed by atoms with Gasteiger partial charge in [0.25, 0.3) is 10.0 Å². The Balaban J connectivity index is 1.39. The van der Waals surface area contributed by atoms with Crippen molar-refractivity contribution in [3.8, 4) is 0 Å². The number of benzene rings is 2. The third-order valence-electron chi connectivity index (χ3n) is 6.75. The number of hydrogen-bond donors (Lipinski definition) is 1. The SMILES string of the molecule is CCc1ccc(NS(=O)(=O)c2ccc(N3C(=O)C4C(C3=O)[C@]3(C)C=C[C@@]4(C)O3)cc2)cc1. The summed E-state index contributed by atoms with van der Waals surface area (Å²) >= 11 is 0. The third kappa shape index (κ3) is 2.93. The maximum atomic E-state index is 13.2. The average Bonchev–Trinajstić information content (AvgIpc) is 3.31. The molecule has 2 amide bonds. The molecule has 4 atom stereocenters. The molecule has 0 radical (unpaired) electrons. The molecule has 0 saturated carbocycles. The van der Waals surface area contributed by atoms with Gasteiger partial charge in [0.05, 0.1) is 33.6 Å². The number of amides is 2. The molecule has 3 heterocycles. The van der Waals surface area contributed by atoms with Crippen LogP contribution in [0.2, 0.25) is 0 Å². The van der Waals surface area contributed by atoms with E-state index in [9.17, 15) is 18.0 Å². The number of anilines is 2. The zero-order valence-electron chi connectivity index (χ0n) is 18.0. The number of nitrogens with zero attached hydrogens (tertiary/aromatic N) is 1. The lowest BCUT2D eigenvalue weighted by Crippen LogP contribution is -2.39. The summed E-state index contributed by atoms with van der Waals surface area (Å²) in [6, 6.07) is 13.0. The number of carbonyl (C=O) groups excluding carboxylic acids is 2. The van der Waals surface area contributed by atoms with Gasteiger partial charge in [-0.1, -0.05) is 31.2 Å². The molecule has 2 aromatic rings. The largest absolute Gasteiger partial charge is 0.359 e. The van der Waals surface area contributed by atoms with Crippen LogP contribution >= 0.6 is 0 Å². The molecule has 166 valence electrons. The normalized spacial score (nSPS) is 30.8. The quantitative estimate of drug-likeness (QED) is 0.555. The Morgan fingerprint density at radius 3 is 1.94 bits per heavy atom. The number of fused-ring (bicyclic) bond motifs is 5. The molecule has 0 spiro atoms. The summed E-state index contributed by atoms with van der Waals surface area (Å²) in [5, 5.41) is 0. The molecular weight excluding hydrogens is 428 g/mol. The van der Waals surface area contributed by atoms with Crippen LogP contribution in [-0.4, -0.2) is 31.4 Å². The van der Waals surface area contributed by atoms with Crippen molar-refractivity contribution in [2.24, 2.45) is 11.8 Å². The molecule has 5 rings (SSSR count). The average molecular weight is 453 g/mol. The van der Waals surface area contributed by atoms with Crippen LogP contribution < -0.4 is 9.62 Å². The molecule has 1 N–H and O–H groups in total. The van der Waals surface area contributed by atoms with Crippen LogP contribution in [0.1, 0.15) is 26.3 Å². The Morgan fingerprint density at radius 2 is 1.44 bits per heavy atom. The van der Waals surface area contributed by atoms with Gasteiger partial charge in [-0.05, 0) is 62.2 Å². The molecule has 8 heteroatoms. The zero-order valence-corrected chi connectivity index (χ0v) is 18.8. The van der Waals surface area contributed by atoms with E-state index in [4.69, 9.17) is 4.74 Å². The van der Waals surface area contributed by atoms with Gasteiger partial charge in [-0.3, -0.25) is 14.3 Å². The van der Waals surface area contributed by atoms with Crippen LogP contribution in [0.4, 0.5) is 11.4 Å². The molecule has 3 aliphatic rings. The van der Waals surface area contributed by atoms with Crippen molar-refractivity contribution >= 4 is 33.2 Å². The second-order valence-electron chi connectivity index (χ2n) is 8.92. The van der Waals surface area contributed by atoms with E-state index in [1.165, 1.54) is 24.3 Å². The maximum absolute atomic E-state index is 13.2. The summed E-state index contributed by atoms with van der Waals surface area (Å²) < 4.78 is 34.1. The van der Waals surface area contributed by atoms with Gasteiger partial charge in [-0.2, -0.15) is 0 Å². The molecule has 0 aromatic heterocycles. The first-order chi connectivity index (χ1) is 15.1. The highest BCUT2D eigenvalue weighted by atomic mass is 32.2. The van der Waals surface area contributed by atoms with Crippen molar-refractivity contribution in [1.29, 1.82) is 0 Å². The first kappa shape index (κ1) is 20.9. The van der Waals surface area contributed by atoms with Crippen molar-refractivity contribution in [1.82, 2.24) is 0 Å². The van der Waals surface area contributed by atoms with Crippen molar-refractivity contribution in [3.63, 3.8) is 0 Å². The molecule has 2 fully saturated rings. The molecule has 0 aliphatic carbocycles. The second-order valence-corrected chi connectivity index (χ2v) is 10.6. The Labute approximate surface area is 187 Å². The fraction of sp³-hybridized carbons (Fsp3) is 0.333. The Morgan fingerprint density at radius 1 is 0.906 bits per heavy atom. The zero-order chi connectivity index (χ0) is 22.9. The lowest BCUT2D eigenvalue weighted by atomic mass is 9.73. The van der Waals surface area contributed by atoms with Gasteiger partial charge in [0.15, 0.2) is 0 Å². The van der Waals surface area contributed by atoms with Gasteiger partial charge in [0, 0.05) is 5.69 Å². The highest BCUT2D eigenvalue weighted by Crippen LogP contribution is 2.57. The van der Waals surface area contributed by atoms with Crippen LogP contribution in [-0.2, 0) is 30.8 Å². The lowest BCUT2D eigenvalue weighted by molar-refractivity contribution is -0.128. The Hall–Kier alpha value is -2.97. The summed E-state index contributed by atoms with van der Waals surface area (Å²) in [4.78, 5) is 27.5. The smallest absolute Gasteiger partial charge is 0.261 e. The summed E-state index contributed by atoms with van der Waals surface area (Å²) in [6.45, 7) is 5.67. The monoisotopic (exact) mass is 452 g/mol. The first-order valence-electron chi connectivity index (χ1n) is 10.6. The van der Waals surface area contributed by atoms with Crippen LogP contribution in [0, 0.1) is 11.8 Å². The van der Waals surface area contributed by atoms with Gasteiger partial charge >= 0.3 is 0 Å². The van der Waals surface area contributed by atoms with E-state index in [0.29, 0.717) is 11.4 Å². The molecule has 32 heavy (non-hydrogen) atoms. The number of ether oxygens (including phenoxy) is 1. The summed E-state index contributed by atoms with van der Waals surface area (Å²) in [5.41, 5.74) is 0.322. The number of carbonyl (C=O) groups is 2. The van der Waals surface area contributed by atoms with Gasteiger partial charge in [-0.25, -0.2) is 13.3 Å². The third-order valence-corrected chi connectivity index (χ3v) is 8.14. The van der Waals surface area contributed by atoms with Crippen LogP contribution in [0.3, 0.4) is 0 Å². The van der Waals surface area contributed by atoms with Crippen LogP contribution in [0.15, 0.2) is 65.6 Å². The van der Waals surface area contributed by atoms with Crippen molar-refractivity contribution in [3.05, 3.63) is 66.2 Å². The summed E-state index contributed by atoms with van der Waals surface area (Å²) in [7, 11) is -3.81. The van der Waals surface area contributed by atoms with Crippen LogP contribution in [0.25, 0.3) is 0 Å². The number of hydrogen-bond acceptors (Lipinski definition) is 5. The fourth-order valence-corrected chi connectivity index (χ4v) is 6.14. The van der Waals surface area contributed by atoms with Crippen molar-refractivity contribution < 1.29 is 22.7 Å². The minimum atomic E-state index is -3.81. The van der Waals surface area contributed by atoms with E-state index in [-0.39, 0.29) is 16.7 Å². The molecule has 2 bridgehead atoms. The predicted molar refractivity (Wildman–Crippen MR) is 120 cm³/mol. The molecule has 7 nitrogen and oxygen atoms in total. The minimum Gasteiger partial charge on any atom is -0.359 e. The van der Waals surface area contributed by atoms with Gasteiger partial charge in [0.2, 0.25) is 11.8 Å². The Kier molecular flexibility index (Phi) is 4.42. The van der Waals surface area contributed by atoms with Crippen molar-refractivity contribution in [2.45, 2.75) is 43.3 Å². The van der Waals surface area contributed by atoms with Crippen LogP contribution in [0.5, 0.6) is 0 Å². The van der Waals surface area contributed by atoms with E-state index in [1.807, 2.05) is 45.1 Å². The van der Waals surface area contributed by atoms with E-state index in [2.05, 4.69) is 4.72 Å². The second kappa shape index (κ2) is 6.76. The lowest BCUT2D eigenvalue weighted by Gasteiger charge is -2.25. The van der Waals surface area contributed by atoms with Gasteiger partial charge in [-0.15, -0.1) is 0 Å². The van der Waals surface area contributed by atoms with E-state index in [0.717, 1.165) is 16.9 Å². The molecule has 2 saturated heterocycles. The van der Waals surface area contributed by atoms with E-state index >= 15 is 0 Å². The van der Waals surface area contributed by atoms with Gasteiger partial charge in [0.1, 0.15) is 0 Å². The minimum absolute atomic E-state index is 0.0455. The number of imide groups is 1. The first-order valence-corrected chi connectivity index (χ1v) is 12.1. The van der Waals surface area contributed by atoms with E-state index in [1.54, 1.807) is 12.1 Å². The number of rotatable bonds is 5. The number of sulfonamides is 1. The maximum Gasteiger partial charge on any atom is 0.261 e. The fourth-order valence-electron chi connectivity index (χ4n) is 5.08. The van der Waals surface area contributed by atoms with E-state index < -0.39 is 33.1 Å². The Bertz CT molecular complexity index is 1220. The molecule has 3 aliphatic heterocycles. The highest BCUT2D eigenvalue weighted by molar-refractivity contribution is 7.92. The predicted octanol–water partition coefficient (Wildman–Crippen LogP) is 3.27. The number of nitrogens with one attached hydrogen (secondary N) is 1. The van der Waals surface area contributed by atoms with Crippen molar-refractivity contribution in [2.75, 3.05) is 9.62 Å². The van der Waals surface area contributed by atoms with Gasteiger partial charge < -0.3 is 4.74 Å². The molecule has 2 unspecified atom stereocenters. The summed E-state index contributed by atoms with van der Waals surface area (Å²) in [6.07, 6.45) is 4.58. The summed E-state index contributed by atoms with van der Waals surface area (Å²) in [5.74, 6) is -1.80.